The van der Waals surface area contributed by atoms with Gasteiger partial charge >= 0.3 is 12.0 Å². The van der Waals surface area contributed by atoms with Crippen molar-refractivity contribution in [3.05, 3.63) is 0 Å². The summed E-state index contributed by atoms with van der Waals surface area (Å²) in [6.07, 6.45) is 1.29. The van der Waals surface area contributed by atoms with Gasteiger partial charge in [0.15, 0.2) is 0 Å². The van der Waals surface area contributed by atoms with Crippen LogP contribution in [0.4, 0.5) is 4.79 Å². The van der Waals surface area contributed by atoms with Crippen molar-refractivity contribution in [2.75, 3.05) is 6.54 Å². The van der Waals surface area contributed by atoms with Gasteiger partial charge in [-0.05, 0) is 6.42 Å². The number of amides is 3. The minimum Gasteiger partial charge on any atom is -0.356 e. The maximum Gasteiger partial charge on any atom is 0.328 e. The fraction of sp³-hybridized carbons (Fsp3) is 0.667. The lowest BCUT2D eigenvalue weighted by Crippen LogP contribution is -2.35. The van der Waals surface area contributed by atoms with E-state index in [1.807, 2.05) is 6.92 Å². The first kappa shape index (κ1) is 13.4. The summed E-state index contributed by atoms with van der Waals surface area (Å²) in [5.41, 5.74) is 1.74. The Morgan fingerprint density at radius 1 is 1.59 bits per heavy atom. The van der Waals surface area contributed by atoms with Gasteiger partial charge in [0.05, 0.1) is 6.42 Å². The zero-order valence-corrected chi connectivity index (χ0v) is 9.56. The molecule has 1 fully saturated rings. The van der Waals surface area contributed by atoms with E-state index >= 15 is 0 Å². The van der Waals surface area contributed by atoms with Crippen LogP contribution in [0.25, 0.3) is 0 Å². The summed E-state index contributed by atoms with van der Waals surface area (Å²) in [4.78, 5) is 39.4. The molecule has 0 radical (unpaired) electrons. The van der Waals surface area contributed by atoms with E-state index in [-0.39, 0.29) is 18.9 Å². The van der Waals surface area contributed by atoms with Crippen LogP contribution in [0.5, 0.6) is 0 Å². The third-order valence-corrected chi connectivity index (χ3v) is 2.40. The minimum atomic E-state index is -0.632. The van der Waals surface area contributed by atoms with Gasteiger partial charge in [0.25, 0.3) is 5.91 Å². The standard InChI is InChI=1S/C9H16N4O4/c1-2-3-6-8(15)13(9(16)11-6)5-4-7(14)17-12-10/h6,12H,2-5,10H2,1H3,(H,11,16). The van der Waals surface area contributed by atoms with Crippen LogP contribution < -0.4 is 16.7 Å². The molecule has 1 aliphatic heterocycles. The van der Waals surface area contributed by atoms with Crippen molar-refractivity contribution >= 4 is 17.9 Å². The number of imide groups is 1. The highest BCUT2D eigenvalue weighted by atomic mass is 16.7. The second kappa shape index (κ2) is 6.16. The van der Waals surface area contributed by atoms with Crippen LogP contribution in [-0.4, -0.2) is 35.4 Å². The predicted molar refractivity (Wildman–Crippen MR) is 57.0 cm³/mol. The van der Waals surface area contributed by atoms with E-state index in [1.165, 1.54) is 0 Å². The van der Waals surface area contributed by atoms with E-state index in [0.717, 1.165) is 11.3 Å². The van der Waals surface area contributed by atoms with Gasteiger partial charge in [-0.2, -0.15) is 0 Å². The number of nitrogens with one attached hydrogen (secondary N) is 2. The molecule has 17 heavy (non-hydrogen) atoms. The Hall–Kier alpha value is -1.67. The molecular weight excluding hydrogens is 228 g/mol. The van der Waals surface area contributed by atoms with Gasteiger partial charge in [0.1, 0.15) is 6.04 Å². The van der Waals surface area contributed by atoms with Crippen molar-refractivity contribution in [2.24, 2.45) is 5.84 Å². The Morgan fingerprint density at radius 2 is 2.29 bits per heavy atom. The summed E-state index contributed by atoms with van der Waals surface area (Å²) in [7, 11) is 0. The third-order valence-electron chi connectivity index (χ3n) is 2.40. The smallest absolute Gasteiger partial charge is 0.328 e. The molecule has 0 aromatic carbocycles. The summed E-state index contributed by atoms with van der Waals surface area (Å²) in [6, 6.07) is -0.946. The van der Waals surface area contributed by atoms with Gasteiger partial charge < -0.3 is 10.2 Å². The Labute approximate surface area is 98.4 Å². The molecule has 8 nitrogen and oxygen atoms in total. The molecule has 0 saturated carbocycles. The number of hydrogen-bond acceptors (Lipinski definition) is 6. The fourth-order valence-corrected chi connectivity index (χ4v) is 1.59. The number of carbonyl (C=O) groups is 3. The molecule has 1 saturated heterocycles. The first-order valence-corrected chi connectivity index (χ1v) is 5.37. The SMILES string of the molecule is CCCC1NC(=O)N(CCC(=O)ONN)C1=O. The number of nitrogens with two attached hydrogens (primary N) is 1. The Balaban J connectivity index is 2.46. The number of urea groups is 1. The quantitative estimate of drug-likeness (QED) is 0.314. The van der Waals surface area contributed by atoms with Crippen LogP contribution >= 0.6 is 0 Å². The van der Waals surface area contributed by atoms with Gasteiger partial charge in [-0.15, -0.1) is 0 Å². The van der Waals surface area contributed by atoms with Crippen LogP contribution in [0.1, 0.15) is 26.2 Å². The van der Waals surface area contributed by atoms with Crippen molar-refractivity contribution in [3.8, 4) is 0 Å². The highest BCUT2D eigenvalue weighted by Gasteiger charge is 2.37. The summed E-state index contributed by atoms with van der Waals surface area (Å²) in [5, 5.41) is 2.56. The molecular formula is C9H16N4O4. The topological polar surface area (TPSA) is 114 Å². The molecule has 0 spiro atoms. The van der Waals surface area contributed by atoms with E-state index in [1.54, 1.807) is 5.59 Å². The van der Waals surface area contributed by atoms with Crippen LogP contribution in [-0.2, 0) is 14.4 Å². The molecule has 1 unspecified atom stereocenters. The first-order chi connectivity index (χ1) is 8.10. The van der Waals surface area contributed by atoms with Gasteiger partial charge in [0.2, 0.25) is 0 Å². The maximum atomic E-state index is 11.7. The zero-order valence-electron chi connectivity index (χ0n) is 9.56. The number of hydrogen-bond donors (Lipinski definition) is 3. The summed E-state index contributed by atoms with van der Waals surface area (Å²) in [5.74, 6) is 3.84. The van der Waals surface area contributed by atoms with Gasteiger partial charge in [-0.3, -0.25) is 14.5 Å². The maximum absolute atomic E-state index is 11.7. The highest BCUT2D eigenvalue weighted by Crippen LogP contribution is 2.11. The lowest BCUT2D eigenvalue weighted by molar-refractivity contribution is -0.151. The molecule has 1 aliphatic rings. The van der Waals surface area contributed by atoms with Crippen LogP contribution in [0.2, 0.25) is 0 Å². The van der Waals surface area contributed by atoms with E-state index in [2.05, 4.69) is 10.2 Å². The van der Waals surface area contributed by atoms with Gasteiger partial charge in [-0.25, -0.2) is 10.6 Å². The van der Waals surface area contributed by atoms with E-state index in [0.29, 0.717) is 6.42 Å². The van der Waals surface area contributed by atoms with Crippen molar-refractivity contribution in [1.82, 2.24) is 15.8 Å². The van der Waals surface area contributed by atoms with Crippen molar-refractivity contribution < 1.29 is 19.2 Å². The molecule has 1 atom stereocenters. The summed E-state index contributed by atoms with van der Waals surface area (Å²) < 4.78 is 0. The molecule has 8 heteroatoms. The number of nitrogens with zero attached hydrogens (tertiary/aromatic N) is 1. The second-order valence-corrected chi connectivity index (χ2v) is 3.62. The Kier molecular flexibility index (Phi) is 4.85. The normalized spacial score (nSPS) is 19.4. The van der Waals surface area contributed by atoms with Crippen LogP contribution in [0.3, 0.4) is 0 Å². The molecule has 0 aromatic rings. The second-order valence-electron chi connectivity index (χ2n) is 3.62. The van der Waals surface area contributed by atoms with E-state index < -0.39 is 18.0 Å². The highest BCUT2D eigenvalue weighted by molar-refractivity contribution is 6.04. The number of hydrazine groups is 1. The third kappa shape index (κ3) is 3.40. The van der Waals surface area contributed by atoms with Crippen LogP contribution in [0, 0.1) is 0 Å². The molecule has 96 valence electrons. The lowest BCUT2D eigenvalue weighted by atomic mass is 10.2. The average Bonchev–Trinajstić information content (AvgIpc) is 2.53. The van der Waals surface area contributed by atoms with Crippen molar-refractivity contribution in [1.29, 1.82) is 0 Å². The zero-order chi connectivity index (χ0) is 12.8. The molecule has 4 N–H and O–H groups in total. The van der Waals surface area contributed by atoms with Crippen LogP contribution in [0.15, 0.2) is 0 Å². The van der Waals surface area contributed by atoms with Gasteiger partial charge in [-0.1, -0.05) is 18.9 Å². The summed E-state index contributed by atoms with van der Waals surface area (Å²) in [6.45, 7) is 1.91. The Morgan fingerprint density at radius 3 is 2.88 bits per heavy atom. The number of rotatable bonds is 6. The van der Waals surface area contributed by atoms with Crippen molar-refractivity contribution in [2.45, 2.75) is 32.2 Å². The number of carbonyl (C=O) groups excluding carboxylic acids is 3. The Bertz CT molecular complexity index is 320. The summed E-state index contributed by atoms with van der Waals surface area (Å²) >= 11 is 0. The molecule has 3 amide bonds. The van der Waals surface area contributed by atoms with E-state index in [9.17, 15) is 14.4 Å². The first-order valence-electron chi connectivity index (χ1n) is 5.37. The molecule has 1 heterocycles. The largest absolute Gasteiger partial charge is 0.356 e. The molecule has 0 aliphatic carbocycles. The molecule has 1 rings (SSSR count). The molecule has 0 bridgehead atoms. The van der Waals surface area contributed by atoms with Crippen molar-refractivity contribution in [3.63, 3.8) is 0 Å². The minimum absolute atomic E-state index is 0.00854. The monoisotopic (exact) mass is 244 g/mol. The lowest BCUT2D eigenvalue weighted by Gasteiger charge is -2.11. The average molecular weight is 244 g/mol. The van der Waals surface area contributed by atoms with E-state index in [4.69, 9.17) is 5.84 Å². The fourth-order valence-electron chi connectivity index (χ4n) is 1.59. The molecule has 0 aromatic heterocycles. The van der Waals surface area contributed by atoms with Gasteiger partial charge in [0, 0.05) is 6.54 Å². The predicted octanol–water partition coefficient (Wildman–Crippen LogP) is -0.981.